The van der Waals surface area contributed by atoms with Gasteiger partial charge in [0.2, 0.25) is 0 Å². The average molecular weight is 279 g/mol. The van der Waals surface area contributed by atoms with Gasteiger partial charge in [-0.3, -0.25) is 0 Å². The molecule has 4 bridgehead atoms. The molecule has 0 amide bonds. The van der Waals surface area contributed by atoms with Crippen molar-refractivity contribution < 1.29 is 9.47 Å². The molecule has 0 radical (unpaired) electrons. The van der Waals surface area contributed by atoms with E-state index in [9.17, 15) is 0 Å². The van der Waals surface area contributed by atoms with E-state index in [0.717, 1.165) is 42.7 Å². The number of ether oxygens (including phenoxy) is 2. The molecule has 3 nitrogen and oxygen atoms in total. The number of methoxy groups -OCH3 is 1. The van der Waals surface area contributed by atoms with Crippen LogP contribution in [0.2, 0.25) is 0 Å². The molecule has 0 aromatic heterocycles. The predicted molar refractivity (Wildman–Crippen MR) is 78.6 cm³/mol. The van der Waals surface area contributed by atoms with Crippen LogP contribution in [0, 0.1) is 23.7 Å². The third-order valence-electron chi connectivity index (χ3n) is 6.54. The lowest BCUT2D eigenvalue weighted by Crippen LogP contribution is -2.66. The van der Waals surface area contributed by atoms with Gasteiger partial charge in [-0.2, -0.15) is 0 Å². The molecule has 0 aliphatic heterocycles. The Morgan fingerprint density at radius 2 is 1.60 bits per heavy atom. The van der Waals surface area contributed by atoms with Gasteiger partial charge in [0.05, 0.1) is 12.2 Å². The van der Waals surface area contributed by atoms with Gasteiger partial charge in [-0.15, -0.1) is 0 Å². The summed E-state index contributed by atoms with van der Waals surface area (Å²) < 4.78 is 11.4. The average Bonchev–Trinajstić information content (AvgIpc) is 2.40. The lowest BCUT2D eigenvalue weighted by atomic mass is 9.54. The third-order valence-corrected chi connectivity index (χ3v) is 6.54. The maximum atomic E-state index is 5.75. The largest absolute Gasteiger partial charge is 0.377 e. The zero-order valence-corrected chi connectivity index (χ0v) is 12.9. The van der Waals surface area contributed by atoms with Gasteiger partial charge in [-0.05, 0) is 69.1 Å². The summed E-state index contributed by atoms with van der Waals surface area (Å²) in [5.41, 5.74) is 0. The molecule has 0 aromatic carbocycles. The second-order valence-electron chi connectivity index (χ2n) is 7.66. The van der Waals surface area contributed by atoms with Crippen molar-refractivity contribution in [3.05, 3.63) is 0 Å². The Balaban J connectivity index is 1.38. The Bertz CT molecular complexity index is 331. The van der Waals surface area contributed by atoms with Crippen molar-refractivity contribution in [1.29, 1.82) is 0 Å². The molecule has 5 rings (SSSR count). The first-order valence-corrected chi connectivity index (χ1v) is 8.69. The van der Waals surface area contributed by atoms with Crippen LogP contribution in [0.4, 0.5) is 0 Å². The molecule has 5 aliphatic rings. The summed E-state index contributed by atoms with van der Waals surface area (Å²) in [7, 11) is 1.83. The van der Waals surface area contributed by atoms with Crippen molar-refractivity contribution in [2.24, 2.45) is 23.7 Å². The molecule has 1 N–H and O–H groups in total. The Morgan fingerprint density at radius 3 is 2.15 bits per heavy atom. The minimum absolute atomic E-state index is 0.270. The molecule has 0 aromatic rings. The summed E-state index contributed by atoms with van der Waals surface area (Å²) >= 11 is 0. The lowest BCUT2D eigenvalue weighted by molar-refractivity contribution is -0.140. The van der Waals surface area contributed by atoms with E-state index in [2.05, 4.69) is 12.2 Å². The van der Waals surface area contributed by atoms with Crippen LogP contribution in [0.15, 0.2) is 0 Å². The van der Waals surface area contributed by atoms with E-state index in [0.29, 0.717) is 12.1 Å². The summed E-state index contributed by atoms with van der Waals surface area (Å²) in [5.74, 6) is 4.03. The molecule has 5 fully saturated rings. The highest BCUT2D eigenvalue weighted by atomic mass is 16.5. The maximum Gasteiger partial charge on any atom is 0.0986 e. The van der Waals surface area contributed by atoms with Crippen LogP contribution in [-0.2, 0) is 9.47 Å². The van der Waals surface area contributed by atoms with Crippen molar-refractivity contribution >= 4 is 0 Å². The van der Waals surface area contributed by atoms with Crippen LogP contribution < -0.4 is 5.32 Å². The molecule has 3 heteroatoms. The van der Waals surface area contributed by atoms with E-state index < -0.39 is 0 Å². The summed E-state index contributed by atoms with van der Waals surface area (Å²) in [6, 6.07) is 1.30. The fourth-order valence-electron chi connectivity index (χ4n) is 5.88. The van der Waals surface area contributed by atoms with Crippen LogP contribution in [0.3, 0.4) is 0 Å². The van der Waals surface area contributed by atoms with Crippen LogP contribution in [0.25, 0.3) is 0 Å². The lowest BCUT2D eigenvalue weighted by Gasteiger charge is -2.57. The first kappa shape index (κ1) is 13.5. The van der Waals surface area contributed by atoms with Gasteiger partial charge in [-0.1, -0.05) is 0 Å². The fraction of sp³-hybridized carbons (Fsp3) is 1.00. The number of hydrogen-bond donors (Lipinski definition) is 1. The van der Waals surface area contributed by atoms with Crippen LogP contribution in [0.5, 0.6) is 0 Å². The van der Waals surface area contributed by atoms with Gasteiger partial charge >= 0.3 is 0 Å². The van der Waals surface area contributed by atoms with Gasteiger partial charge < -0.3 is 14.8 Å². The standard InChI is InChI=1S/C17H29NO2/c1-3-20-15-9-14(17(15)19-2)18-16-12-5-10-4-11(7-12)8-13(16)6-10/h10-18H,3-9H2,1-2H3. The van der Waals surface area contributed by atoms with Gasteiger partial charge in [0.15, 0.2) is 0 Å². The second-order valence-corrected chi connectivity index (χ2v) is 7.66. The van der Waals surface area contributed by atoms with E-state index in [1.54, 1.807) is 0 Å². The summed E-state index contributed by atoms with van der Waals surface area (Å²) in [6.45, 7) is 2.88. The molecule has 3 atom stereocenters. The normalized spacial score (nSPS) is 53.1. The highest BCUT2D eigenvalue weighted by molar-refractivity contribution is 5.05. The number of rotatable bonds is 5. The van der Waals surface area contributed by atoms with E-state index >= 15 is 0 Å². The van der Waals surface area contributed by atoms with E-state index in [4.69, 9.17) is 9.47 Å². The molecule has 20 heavy (non-hydrogen) atoms. The monoisotopic (exact) mass is 279 g/mol. The predicted octanol–water partition coefficient (Wildman–Crippen LogP) is 2.59. The van der Waals surface area contributed by atoms with E-state index in [1.807, 2.05) is 7.11 Å². The molecule has 3 unspecified atom stereocenters. The second kappa shape index (κ2) is 5.26. The Labute approximate surface area is 122 Å². The Kier molecular flexibility index (Phi) is 3.56. The third kappa shape index (κ3) is 2.13. The fourth-order valence-corrected chi connectivity index (χ4v) is 5.88. The molecule has 0 heterocycles. The van der Waals surface area contributed by atoms with E-state index in [1.165, 1.54) is 32.1 Å². The van der Waals surface area contributed by atoms with Crippen LogP contribution in [-0.4, -0.2) is 38.0 Å². The highest BCUT2D eigenvalue weighted by Gasteiger charge is 2.51. The molecule has 0 spiro atoms. The van der Waals surface area contributed by atoms with Crippen molar-refractivity contribution in [2.75, 3.05) is 13.7 Å². The van der Waals surface area contributed by atoms with Gasteiger partial charge in [-0.25, -0.2) is 0 Å². The molecular formula is C17H29NO2. The zero-order valence-electron chi connectivity index (χ0n) is 12.9. The van der Waals surface area contributed by atoms with Crippen molar-refractivity contribution in [2.45, 2.75) is 69.7 Å². The Morgan fingerprint density at radius 1 is 0.950 bits per heavy atom. The van der Waals surface area contributed by atoms with Gasteiger partial charge in [0, 0.05) is 25.8 Å². The topological polar surface area (TPSA) is 30.5 Å². The maximum absolute atomic E-state index is 5.75. The number of nitrogens with one attached hydrogen (secondary N) is 1. The first-order chi connectivity index (χ1) is 9.78. The molecular weight excluding hydrogens is 250 g/mol. The quantitative estimate of drug-likeness (QED) is 0.839. The van der Waals surface area contributed by atoms with Gasteiger partial charge in [0.1, 0.15) is 0 Å². The Hall–Kier alpha value is -0.120. The van der Waals surface area contributed by atoms with E-state index in [-0.39, 0.29) is 6.10 Å². The molecule has 114 valence electrons. The summed E-state index contributed by atoms with van der Waals surface area (Å²) in [5, 5.41) is 3.98. The number of hydrogen-bond acceptors (Lipinski definition) is 3. The zero-order chi connectivity index (χ0) is 13.7. The van der Waals surface area contributed by atoms with Crippen LogP contribution in [0.1, 0.15) is 45.4 Å². The molecule has 5 saturated carbocycles. The first-order valence-electron chi connectivity index (χ1n) is 8.69. The van der Waals surface area contributed by atoms with Gasteiger partial charge in [0.25, 0.3) is 0 Å². The van der Waals surface area contributed by atoms with Crippen LogP contribution >= 0.6 is 0 Å². The summed E-state index contributed by atoms with van der Waals surface area (Å²) in [4.78, 5) is 0. The molecule has 5 aliphatic carbocycles. The smallest absolute Gasteiger partial charge is 0.0986 e. The SMILES string of the molecule is CCOC1CC(NC2C3CC4CC(C3)CC2C4)C1OC. The molecule has 0 saturated heterocycles. The van der Waals surface area contributed by atoms with Crippen molar-refractivity contribution in [3.8, 4) is 0 Å². The van der Waals surface area contributed by atoms with Crippen molar-refractivity contribution in [3.63, 3.8) is 0 Å². The van der Waals surface area contributed by atoms with Crippen molar-refractivity contribution in [1.82, 2.24) is 5.32 Å². The highest BCUT2D eigenvalue weighted by Crippen LogP contribution is 2.54. The summed E-state index contributed by atoms with van der Waals surface area (Å²) in [6.07, 6.45) is 9.22. The minimum Gasteiger partial charge on any atom is -0.377 e. The minimum atomic E-state index is 0.270.